The average molecular weight is 260 g/mol. The highest BCUT2D eigenvalue weighted by atomic mass is 32.2. The second kappa shape index (κ2) is 3.95. The Morgan fingerprint density at radius 1 is 1.50 bits per heavy atom. The van der Waals surface area contributed by atoms with Gasteiger partial charge in [0, 0.05) is 0 Å². The molecule has 0 fully saturated rings. The predicted octanol–water partition coefficient (Wildman–Crippen LogP) is 1.84. The van der Waals surface area contributed by atoms with Gasteiger partial charge in [0.25, 0.3) is 5.91 Å². The molecule has 1 amide bonds. The molecular weight excluding hydrogens is 252 g/mol. The average Bonchev–Trinajstić information content (AvgIpc) is 2.93. The Balaban J connectivity index is 2.02. The number of nitrogens with zero attached hydrogens (tertiary/aromatic N) is 3. The monoisotopic (exact) mass is 260 g/mol. The van der Waals surface area contributed by atoms with Gasteiger partial charge in [-0.25, -0.2) is 0 Å². The number of nitrogens with one attached hydrogen (secondary N) is 1. The van der Waals surface area contributed by atoms with Gasteiger partial charge in [-0.2, -0.15) is 15.1 Å². The van der Waals surface area contributed by atoms with Crippen molar-refractivity contribution in [1.29, 1.82) is 5.41 Å². The molecule has 6 nitrogen and oxygen atoms in total. The quantitative estimate of drug-likeness (QED) is 0.781. The lowest BCUT2D eigenvalue weighted by Crippen LogP contribution is -2.35. The minimum absolute atomic E-state index is 0.0142. The van der Waals surface area contributed by atoms with E-state index in [9.17, 15) is 4.79 Å². The molecule has 0 saturated carbocycles. The molecule has 0 unspecified atom stereocenters. The number of amidine groups is 2. The lowest BCUT2D eigenvalue weighted by molar-refractivity contribution is -0.114. The number of carbonyl (C=O) groups is 1. The van der Waals surface area contributed by atoms with E-state index < -0.39 is 5.91 Å². The molecule has 18 heavy (non-hydrogen) atoms. The van der Waals surface area contributed by atoms with Gasteiger partial charge in [-0.15, -0.1) is 0 Å². The summed E-state index contributed by atoms with van der Waals surface area (Å²) in [5.41, 5.74) is 1.72. The summed E-state index contributed by atoms with van der Waals surface area (Å²) >= 11 is 1.22. The van der Waals surface area contributed by atoms with Crippen LogP contribution in [0.25, 0.3) is 6.08 Å². The highest BCUT2D eigenvalue weighted by Gasteiger charge is 2.32. The number of aryl methyl sites for hydroxylation is 1. The number of amides is 1. The summed E-state index contributed by atoms with van der Waals surface area (Å²) in [4.78, 5) is 15.7. The number of hydrazone groups is 1. The number of carbonyl (C=O) groups excluding carboxylic acids is 1. The van der Waals surface area contributed by atoms with Crippen LogP contribution in [0.3, 0.4) is 0 Å². The Morgan fingerprint density at radius 3 is 3.06 bits per heavy atom. The Morgan fingerprint density at radius 2 is 2.33 bits per heavy atom. The van der Waals surface area contributed by atoms with Gasteiger partial charge < -0.3 is 4.42 Å². The van der Waals surface area contributed by atoms with Gasteiger partial charge in [-0.1, -0.05) is 0 Å². The van der Waals surface area contributed by atoms with Crippen molar-refractivity contribution in [2.75, 3.05) is 0 Å². The highest BCUT2D eigenvalue weighted by Crippen LogP contribution is 2.25. The number of rotatable bonds is 1. The van der Waals surface area contributed by atoms with E-state index in [2.05, 4.69) is 10.1 Å². The van der Waals surface area contributed by atoms with E-state index in [1.165, 1.54) is 22.8 Å². The van der Waals surface area contributed by atoms with E-state index in [0.717, 1.165) is 5.76 Å². The zero-order valence-corrected chi connectivity index (χ0v) is 10.2. The number of fused-ring (bicyclic) bond motifs is 1. The molecule has 2 aliphatic heterocycles. The second-order valence-electron chi connectivity index (χ2n) is 3.71. The fraction of sp³-hybridized carbons (Fsp3) is 0.0909. The van der Waals surface area contributed by atoms with Gasteiger partial charge in [-0.05, 0) is 36.9 Å². The fourth-order valence-corrected chi connectivity index (χ4v) is 2.22. The third kappa shape index (κ3) is 1.68. The topological polar surface area (TPSA) is 82.0 Å². The summed E-state index contributed by atoms with van der Waals surface area (Å²) in [5, 5.41) is 13.7. The van der Waals surface area contributed by atoms with Gasteiger partial charge in [0.1, 0.15) is 11.5 Å². The zero-order valence-electron chi connectivity index (χ0n) is 9.38. The predicted molar refractivity (Wildman–Crippen MR) is 69.5 cm³/mol. The molecule has 7 heteroatoms. The summed E-state index contributed by atoms with van der Waals surface area (Å²) in [5.74, 6) is 0.837. The summed E-state index contributed by atoms with van der Waals surface area (Å²) < 4.78 is 5.36. The summed E-state index contributed by atoms with van der Waals surface area (Å²) in [6.07, 6.45) is 1.51. The third-order valence-electron chi connectivity index (χ3n) is 2.44. The van der Waals surface area contributed by atoms with E-state index in [-0.39, 0.29) is 11.4 Å². The summed E-state index contributed by atoms with van der Waals surface area (Å²) in [6.45, 7) is 1.81. The van der Waals surface area contributed by atoms with Gasteiger partial charge in [-0.3, -0.25) is 10.2 Å². The van der Waals surface area contributed by atoms with E-state index in [1.807, 2.05) is 6.92 Å². The number of furan rings is 1. The van der Waals surface area contributed by atoms with Gasteiger partial charge in [0.05, 0.1) is 11.1 Å². The van der Waals surface area contributed by atoms with Crippen LogP contribution in [0.15, 0.2) is 32.2 Å². The Bertz CT molecular complexity index is 641. The molecule has 0 spiro atoms. The number of thioether (sulfide) groups is 1. The van der Waals surface area contributed by atoms with Crippen LogP contribution in [0.2, 0.25) is 0 Å². The first kappa shape index (κ1) is 11.0. The molecular formula is C11H8N4O2S. The summed E-state index contributed by atoms with van der Waals surface area (Å²) in [7, 11) is 0. The third-order valence-corrected chi connectivity index (χ3v) is 3.12. The number of aliphatic imine (C=N–C) groups is 1. The molecule has 90 valence electrons. The van der Waals surface area contributed by atoms with Crippen LogP contribution in [0, 0.1) is 12.3 Å². The van der Waals surface area contributed by atoms with Crippen LogP contribution < -0.4 is 0 Å². The second-order valence-corrected chi connectivity index (χ2v) is 4.52. The van der Waals surface area contributed by atoms with Gasteiger partial charge >= 0.3 is 0 Å². The van der Waals surface area contributed by atoms with Crippen LogP contribution >= 0.6 is 11.8 Å². The molecule has 0 atom stereocenters. The first-order chi connectivity index (χ1) is 8.65. The molecule has 3 heterocycles. The standard InChI is InChI=1S/C11H8N4O2S/c1-6-2-3-7(17-6)4-8-9(12)15-11(14-10(8)16)18-5-13-15/h2-5,12H,1H3. The van der Waals surface area contributed by atoms with Crippen molar-refractivity contribution in [1.82, 2.24) is 5.01 Å². The van der Waals surface area contributed by atoms with Crippen molar-refractivity contribution in [2.24, 2.45) is 10.1 Å². The molecule has 1 aromatic heterocycles. The van der Waals surface area contributed by atoms with Crippen molar-refractivity contribution in [3.05, 3.63) is 29.2 Å². The van der Waals surface area contributed by atoms with Crippen molar-refractivity contribution in [3.8, 4) is 0 Å². The molecule has 1 aromatic rings. The fourth-order valence-electron chi connectivity index (χ4n) is 1.61. The van der Waals surface area contributed by atoms with Crippen molar-refractivity contribution >= 4 is 40.3 Å². The lowest BCUT2D eigenvalue weighted by Gasteiger charge is -2.19. The smallest absolute Gasteiger partial charge is 0.283 e. The SMILES string of the molecule is Cc1ccc(C=C2C(=N)N3N=CSC3=NC2=O)o1. The minimum atomic E-state index is -0.446. The molecule has 0 bridgehead atoms. The van der Waals surface area contributed by atoms with Crippen LogP contribution in [0.4, 0.5) is 0 Å². The number of hydrogen-bond acceptors (Lipinski definition) is 5. The Labute approximate surface area is 107 Å². The maximum atomic E-state index is 11.8. The van der Waals surface area contributed by atoms with E-state index in [4.69, 9.17) is 9.83 Å². The van der Waals surface area contributed by atoms with E-state index in [1.54, 1.807) is 17.7 Å². The molecule has 1 N–H and O–H groups in total. The first-order valence-corrected chi connectivity index (χ1v) is 6.02. The highest BCUT2D eigenvalue weighted by molar-refractivity contribution is 8.25. The van der Waals surface area contributed by atoms with Crippen molar-refractivity contribution in [2.45, 2.75) is 6.92 Å². The van der Waals surface area contributed by atoms with Crippen LogP contribution in [-0.2, 0) is 4.79 Å². The molecule has 0 aromatic carbocycles. The van der Waals surface area contributed by atoms with Crippen LogP contribution in [-0.4, -0.2) is 27.5 Å². The minimum Gasteiger partial charge on any atom is -0.462 e. The lowest BCUT2D eigenvalue weighted by atomic mass is 10.1. The molecule has 0 saturated heterocycles. The van der Waals surface area contributed by atoms with E-state index >= 15 is 0 Å². The van der Waals surface area contributed by atoms with Crippen molar-refractivity contribution in [3.63, 3.8) is 0 Å². The Kier molecular flexibility index (Phi) is 2.41. The summed E-state index contributed by atoms with van der Waals surface area (Å²) in [6, 6.07) is 3.53. The molecule has 0 radical (unpaired) electrons. The maximum absolute atomic E-state index is 11.8. The largest absolute Gasteiger partial charge is 0.462 e. The van der Waals surface area contributed by atoms with Gasteiger partial charge in [0.15, 0.2) is 11.0 Å². The molecule has 2 aliphatic rings. The maximum Gasteiger partial charge on any atom is 0.283 e. The van der Waals surface area contributed by atoms with Crippen molar-refractivity contribution < 1.29 is 9.21 Å². The molecule has 0 aliphatic carbocycles. The zero-order chi connectivity index (χ0) is 12.7. The van der Waals surface area contributed by atoms with Gasteiger partial charge in [0.2, 0.25) is 0 Å². The Hall–Kier alpha value is -2.15. The van der Waals surface area contributed by atoms with E-state index in [0.29, 0.717) is 10.9 Å². The molecule has 3 rings (SSSR count). The number of hydrogen-bond donors (Lipinski definition) is 1. The van der Waals surface area contributed by atoms with Crippen LogP contribution in [0.5, 0.6) is 0 Å². The van der Waals surface area contributed by atoms with Crippen LogP contribution in [0.1, 0.15) is 11.5 Å². The first-order valence-electron chi connectivity index (χ1n) is 5.14. The normalized spacial score (nSPS) is 20.6.